The van der Waals surface area contributed by atoms with E-state index < -0.39 is 0 Å². The van der Waals surface area contributed by atoms with E-state index in [1.165, 1.54) is 11.8 Å². The Kier molecular flexibility index (Phi) is 3.53. The lowest BCUT2D eigenvalue weighted by molar-refractivity contribution is 0.976. The standard InChI is InChI=1S/C10H7Cl2N3S/c11-7-2-1-6(5-8(7)12)16-10-14-4-3-9(13)15-10/h1-5H,(H2,13,14,15). The molecule has 3 nitrogen and oxygen atoms in total. The Morgan fingerprint density at radius 1 is 1.12 bits per heavy atom. The molecule has 6 heteroatoms. The van der Waals surface area contributed by atoms with Crippen molar-refractivity contribution in [1.29, 1.82) is 0 Å². The normalized spacial score (nSPS) is 10.4. The van der Waals surface area contributed by atoms with E-state index in [0.717, 1.165) is 4.90 Å². The van der Waals surface area contributed by atoms with Crippen LogP contribution in [-0.2, 0) is 0 Å². The number of benzene rings is 1. The van der Waals surface area contributed by atoms with Crippen molar-refractivity contribution in [1.82, 2.24) is 9.97 Å². The van der Waals surface area contributed by atoms with Gasteiger partial charge in [-0.25, -0.2) is 9.97 Å². The molecule has 16 heavy (non-hydrogen) atoms. The van der Waals surface area contributed by atoms with Crippen LogP contribution >= 0.6 is 35.0 Å². The van der Waals surface area contributed by atoms with Crippen LogP contribution in [0, 0.1) is 0 Å². The molecule has 2 N–H and O–H groups in total. The predicted molar refractivity (Wildman–Crippen MR) is 67.0 cm³/mol. The summed E-state index contributed by atoms with van der Waals surface area (Å²) in [6.45, 7) is 0. The van der Waals surface area contributed by atoms with Crippen LogP contribution in [-0.4, -0.2) is 9.97 Å². The fourth-order valence-corrected chi connectivity index (χ4v) is 2.20. The molecule has 0 radical (unpaired) electrons. The summed E-state index contributed by atoms with van der Waals surface area (Å²) in [4.78, 5) is 9.07. The third-order valence-electron chi connectivity index (χ3n) is 1.76. The predicted octanol–water partition coefficient (Wildman–Crippen LogP) is 3.52. The van der Waals surface area contributed by atoms with E-state index in [1.54, 1.807) is 24.4 Å². The summed E-state index contributed by atoms with van der Waals surface area (Å²) in [5.74, 6) is 0.442. The van der Waals surface area contributed by atoms with Gasteiger partial charge in [0.25, 0.3) is 0 Å². The highest BCUT2D eigenvalue weighted by atomic mass is 35.5. The van der Waals surface area contributed by atoms with Crippen molar-refractivity contribution in [3.8, 4) is 0 Å². The second-order valence-electron chi connectivity index (χ2n) is 2.94. The average Bonchev–Trinajstić information content (AvgIpc) is 2.24. The Labute approximate surface area is 107 Å². The molecule has 1 aromatic carbocycles. The van der Waals surface area contributed by atoms with Crippen molar-refractivity contribution in [3.63, 3.8) is 0 Å². The number of rotatable bonds is 2. The Morgan fingerprint density at radius 3 is 2.62 bits per heavy atom. The molecular formula is C10H7Cl2N3S. The van der Waals surface area contributed by atoms with Gasteiger partial charge in [0.2, 0.25) is 0 Å². The number of hydrogen-bond acceptors (Lipinski definition) is 4. The summed E-state index contributed by atoms with van der Waals surface area (Å²) in [6.07, 6.45) is 1.61. The number of nitrogens with two attached hydrogens (primary N) is 1. The minimum Gasteiger partial charge on any atom is -0.384 e. The van der Waals surface area contributed by atoms with Gasteiger partial charge in [0.1, 0.15) is 5.82 Å². The molecule has 2 aromatic rings. The third kappa shape index (κ3) is 2.78. The van der Waals surface area contributed by atoms with E-state index in [2.05, 4.69) is 9.97 Å². The third-order valence-corrected chi connectivity index (χ3v) is 3.36. The van der Waals surface area contributed by atoms with E-state index >= 15 is 0 Å². The zero-order valence-corrected chi connectivity index (χ0v) is 10.4. The van der Waals surface area contributed by atoms with E-state index in [1.807, 2.05) is 6.07 Å². The van der Waals surface area contributed by atoms with Crippen LogP contribution in [0.4, 0.5) is 5.82 Å². The molecule has 0 fully saturated rings. The number of nitrogens with zero attached hydrogens (tertiary/aromatic N) is 2. The van der Waals surface area contributed by atoms with Crippen molar-refractivity contribution in [2.24, 2.45) is 0 Å². The first-order chi connectivity index (χ1) is 7.65. The zero-order valence-electron chi connectivity index (χ0n) is 8.02. The van der Waals surface area contributed by atoms with Gasteiger partial charge < -0.3 is 5.73 Å². The lowest BCUT2D eigenvalue weighted by Crippen LogP contribution is -1.92. The van der Waals surface area contributed by atoms with E-state index in [-0.39, 0.29) is 0 Å². The van der Waals surface area contributed by atoms with Crippen molar-refractivity contribution >= 4 is 40.8 Å². The maximum absolute atomic E-state index is 5.90. The molecule has 0 bridgehead atoms. The van der Waals surface area contributed by atoms with Crippen molar-refractivity contribution < 1.29 is 0 Å². The summed E-state index contributed by atoms with van der Waals surface area (Å²) in [5.41, 5.74) is 5.55. The molecule has 0 spiro atoms. The van der Waals surface area contributed by atoms with Crippen LogP contribution in [0.25, 0.3) is 0 Å². The largest absolute Gasteiger partial charge is 0.384 e. The van der Waals surface area contributed by atoms with Crippen LogP contribution in [0.3, 0.4) is 0 Å². The van der Waals surface area contributed by atoms with Gasteiger partial charge >= 0.3 is 0 Å². The molecule has 0 amide bonds. The molecule has 0 saturated carbocycles. The zero-order chi connectivity index (χ0) is 11.5. The summed E-state index contributed by atoms with van der Waals surface area (Å²) in [6, 6.07) is 6.99. The first-order valence-electron chi connectivity index (χ1n) is 4.36. The molecule has 0 aliphatic rings. The average molecular weight is 272 g/mol. The number of halogens is 2. The minimum absolute atomic E-state index is 0.442. The van der Waals surface area contributed by atoms with Gasteiger partial charge in [-0.05, 0) is 36.0 Å². The van der Waals surface area contributed by atoms with Gasteiger partial charge in [-0.3, -0.25) is 0 Å². The first-order valence-corrected chi connectivity index (χ1v) is 5.94. The fourth-order valence-electron chi connectivity index (χ4n) is 1.05. The van der Waals surface area contributed by atoms with E-state index in [9.17, 15) is 0 Å². The van der Waals surface area contributed by atoms with Gasteiger partial charge in [-0.2, -0.15) is 0 Å². The molecule has 1 heterocycles. The van der Waals surface area contributed by atoms with Gasteiger partial charge in [-0.1, -0.05) is 23.2 Å². The van der Waals surface area contributed by atoms with Crippen LogP contribution in [0.2, 0.25) is 10.0 Å². The Bertz CT molecular complexity index is 519. The van der Waals surface area contributed by atoms with E-state index in [0.29, 0.717) is 21.0 Å². The molecule has 0 saturated heterocycles. The molecule has 82 valence electrons. The van der Waals surface area contributed by atoms with E-state index in [4.69, 9.17) is 28.9 Å². The molecule has 0 aliphatic carbocycles. The molecule has 2 rings (SSSR count). The Hall–Kier alpha value is -0.970. The highest BCUT2D eigenvalue weighted by molar-refractivity contribution is 7.99. The topological polar surface area (TPSA) is 51.8 Å². The fraction of sp³-hybridized carbons (Fsp3) is 0. The maximum atomic E-state index is 5.90. The summed E-state index contributed by atoms with van der Waals surface area (Å²) < 4.78 is 0. The second kappa shape index (κ2) is 4.91. The summed E-state index contributed by atoms with van der Waals surface area (Å²) in [7, 11) is 0. The van der Waals surface area contributed by atoms with Crippen molar-refractivity contribution in [3.05, 3.63) is 40.5 Å². The molecule has 0 aliphatic heterocycles. The molecule has 1 aromatic heterocycles. The Morgan fingerprint density at radius 2 is 1.94 bits per heavy atom. The van der Waals surface area contributed by atoms with Gasteiger partial charge in [0.05, 0.1) is 10.0 Å². The quantitative estimate of drug-likeness (QED) is 0.850. The minimum atomic E-state index is 0.442. The summed E-state index contributed by atoms with van der Waals surface area (Å²) in [5, 5.41) is 1.62. The first kappa shape index (κ1) is 11.5. The highest BCUT2D eigenvalue weighted by Crippen LogP contribution is 2.30. The van der Waals surface area contributed by atoms with Gasteiger partial charge in [0.15, 0.2) is 5.16 Å². The van der Waals surface area contributed by atoms with Crippen molar-refractivity contribution in [2.45, 2.75) is 10.1 Å². The van der Waals surface area contributed by atoms with Gasteiger partial charge in [-0.15, -0.1) is 0 Å². The summed E-state index contributed by atoms with van der Waals surface area (Å²) >= 11 is 13.1. The van der Waals surface area contributed by atoms with Crippen LogP contribution in [0.1, 0.15) is 0 Å². The maximum Gasteiger partial charge on any atom is 0.194 e. The second-order valence-corrected chi connectivity index (χ2v) is 4.80. The lowest BCUT2D eigenvalue weighted by Gasteiger charge is -2.02. The van der Waals surface area contributed by atoms with Crippen LogP contribution in [0.5, 0.6) is 0 Å². The van der Waals surface area contributed by atoms with Crippen LogP contribution < -0.4 is 5.73 Å². The number of anilines is 1. The molecule has 0 atom stereocenters. The van der Waals surface area contributed by atoms with Crippen LogP contribution in [0.15, 0.2) is 40.5 Å². The molecular weight excluding hydrogens is 265 g/mol. The SMILES string of the molecule is Nc1ccnc(Sc2ccc(Cl)c(Cl)c2)n1. The smallest absolute Gasteiger partial charge is 0.194 e. The highest BCUT2D eigenvalue weighted by Gasteiger charge is 2.03. The molecule has 0 unspecified atom stereocenters. The van der Waals surface area contributed by atoms with Crippen molar-refractivity contribution in [2.75, 3.05) is 5.73 Å². The van der Waals surface area contributed by atoms with Gasteiger partial charge in [0, 0.05) is 11.1 Å². The Balaban J connectivity index is 2.24. The lowest BCUT2D eigenvalue weighted by atomic mass is 10.4. The number of nitrogen functional groups attached to an aromatic ring is 1. The number of aromatic nitrogens is 2. The number of hydrogen-bond donors (Lipinski definition) is 1. The monoisotopic (exact) mass is 271 g/mol.